The molecule has 0 rings (SSSR count). The molecule has 0 spiro atoms. The average molecular weight is 372 g/mol. The first-order valence-corrected chi connectivity index (χ1v) is 7.91. The van der Waals surface area contributed by atoms with Gasteiger partial charge in [0.2, 0.25) is 0 Å². The van der Waals surface area contributed by atoms with Crippen LogP contribution in [0.25, 0.3) is 0 Å². The van der Waals surface area contributed by atoms with E-state index >= 15 is 0 Å². The summed E-state index contributed by atoms with van der Waals surface area (Å²) in [6.07, 6.45) is 20.4. The molecule has 0 nitrogen and oxygen atoms in total. The van der Waals surface area contributed by atoms with E-state index in [1.807, 2.05) is 0 Å². The van der Waals surface area contributed by atoms with Crippen LogP contribution in [0, 0.1) is 0 Å². The van der Waals surface area contributed by atoms with Crippen LogP contribution in [-0.2, 0) is 0 Å². The predicted octanol–water partition coefficient (Wildman–Crippen LogP) is 8.17. The van der Waals surface area contributed by atoms with E-state index < -0.39 is 0 Å². The molecule has 20 heavy (non-hydrogen) atoms. The Bertz CT molecular complexity index is 107. The van der Waals surface area contributed by atoms with Crippen LogP contribution in [0.15, 0.2) is 0 Å². The van der Waals surface area contributed by atoms with Gasteiger partial charge in [-0.05, 0) is 0 Å². The lowest BCUT2D eigenvalue weighted by Gasteiger charge is -2.02. The molecule has 0 aliphatic heterocycles. The second-order valence-electron chi connectivity index (χ2n) is 5.24. The standard InChI is InChI=1S/C16H34.4ClH/c1-3-5-7-9-11-13-15-16-14-12-10-8-6-4-2;;;;/h3-16H2,1-2H3;4*1H. The van der Waals surface area contributed by atoms with Crippen LogP contribution in [0.1, 0.15) is 104 Å². The van der Waals surface area contributed by atoms with Crippen LogP contribution in [-0.4, -0.2) is 0 Å². The van der Waals surface area contributed by atoms with E-state index in [9.17, 15) is 0 Å². The molecule has 0 amide bonds. The summed E-state index contributed by atoms with van der Waals surface area (Å²) >= 11 is 0. The van der Waals surface area contributed by atoms with Crippen LogP contribution in [0.4, 0.5) is 0 Å². The van der Waals surface area contributed by atoms with E-state index in [-0.39, 0.29) is 49.6 Å². The van der Waals surface area contributed by atoms with Crippen molar-refractivity contribution < 1.29 is 0 Å². The zero-order chi connectivity index (χ0) is 11.9. The minimum absolute atomic E-state index is 0. The topological polar surface area (TPSA) is 0 Å². The molecular formula is C16H38Cl4. The van der Waals surface area contributed by atoms with Crippen molar-refractivity contribution in [1.82, 2.24) is 0 Å². The maximum absolute atomic E-state index is 2.29. The van der Waals surface area contributed by atoms with Crippen molar-refractivity contribution in [2.75, 3.05) is 0 Å². The largest absolute Gasteiger partial charge is 0.147 e. The van der Waals surface area contributed by atoms with Crippen molar-refractivity contribution in [1.29, 1.82) is 0 Å². The van der Waals surface area contributed by atoms with Crippen molar-refractivity contribution in [3.05, 3.63) is 0 Å². The first kappa shape index (κ1) is 32.9. The number of rotatable bonds is 13. The van der Waals surface area contributed by atoms with Crippen LogP contribution in [0.5, 0.6) is 0 Å². The lowest BCUT2D eigenvalue weighted by atomic mass is 10.0. The summed E-state index contributed by atoms with van der Waals surface area (Å²) in [5, 5.41) is 0. The van der Waals surface area contributed by atoms with Crippen LogP contribution in [0.2, 0.25) is 0 Å². The van der Waals surface area contributed by atoms with Crippen molar-refractivity contribution in [3.8, 4) is 0 Å². The molecule has 0 saturated carbocycles. The molecule has 0 aliphatic carbocycles. The van der Waals surface area contributed by atoms with E-state index in [1.165, 1.54) is 89.9 Å². The summed E-state index contributed by atoms with van der Waals surface area (Å²) in [4.78, 5) is 0. The first-order valence-electron chi connectivity index (χ1n) is 7.91. The van der Waals surface area contributed by atoms with Gasteiger partial charge < -0.3 is 0 Å². The molecule has 0 heterocycles. The smallest absolute Gasteiger partial charge is 0.0533 e. The Morgan fingerprint density at radius 1 is 0.300 bits per heavy atom. The predicted molar refractivity (Wildman–Crippen MR) is 105 cm³/mol. The number of unbranched alkanes of at least 4 members (excludes halogenated alkanes) is 13. The highest BCUT2D eigenvalue weighted by Gasteiger charge is 1.92. The summed E-state index contributed by atoms with van der Waals surface area (Å²) < 4.78 is 0. The van der Waals surface area contributed by atoms with E-state index in [1.54, 1.807) is 0 Å². The fraction of sp³-hybridized carbons (Fsp3) is 1.00. The molecule has 0 aliphatic rings. The summed E-state index contributed by atoms with van der Waals surface area (Å²) in [5.41, 5.74) is 0. The Labute approximate surface area is 153 Å². The third-order valence-corrected chi connectivity index (χ3v) is 3.46. The van der Waals surface area contributed by atoms with E-state index in [0.717, 1.165) is 0 Å². The molecule has 4 heteroatoms. The Morgan fingerprint density at radius 3 is 0.600 bits per heavy atom. The Balaban J connectivity index is -0.000000187. The van der Waals surface area contributed by atoms with Gasteiger partial charge in [0.25, 0.3) is 0 Å². The highest BCUT2D eigenvalue weighted by molar-refractivity contribution is 5.86. The van der Waals surface area contributed by atoms with Gasteiger partial charge in [-0.2, -0.15) is 0 Å². The van der Waals surface area contributed by atoms with Crippen LogP contribution >= 0.6 is 49.6 Å². The van der Waals surface area contributed by atoms with Crippen molar-refractivity contribution in [2.45, 2.75) is 104 Å². The van der Waals surface area contributed by atoms with Gasteiger partial charge in [0.1, 0.15) is 0 Å². The number of halogens is 4. The molecule has 0 fully saturated rings. The molecular weight excluding hydrogens is 334 g/mol. The summed E-state index contributed by atoms with van der Waals surface area (Å²) in [5.74, 6) is 0. The second-order valence-corrected chi connectivity index (χ2v) is 5.24. The lowest BCUT2D eigenvalue weighted by Crippen LogP contribution is -1.82. The molecule has 0 aromatic heterocycles. The second kappa shape index (κ2) is 32.2. The van der Waals surface area contributed by atoms with Crippen molar-refractivity contribution in [2.24, 2.45) is 0 Å². The minimum atomic E-state index is 0. The van der Waals surface area contributed by atoms with Gasteiger partial charge in [0.15, 0.2) is 0 Å². The minimum Gasteiger partial charge on any atom is -0.147 e. The Morgan fingerprint density at radius 2 is 0.450 bits per heavy atom. The molecule has 0 atom stereocenters. The summed E-state index contributed by atoms with van der Waals surface area (Å²) in [6, 6.07) is 0. The van der Waals surface area contributed by atoms with Gasteiger partial charge in [-0.25, -0.2) is 0 Å². The highest BCUT2D eigenvalue weighted by Crippen LogP contribution is 2.12. The molecule has 0 aromatic carbocycles. The Hall–Kier alpha value is 1.16. The molecule has 0 radical (unpaired) electrons. The van der Waals surface area contributed by atoms with Gasteiger partial charge >= 0.3 is 0 Å². The fourth-order valence-corrected chi connectivity index (χ4v) is 2.27. The van der Waals surface area contributed by atoms with E-state index in [4.69, 9.17) is 0 Å². The van der Waals surface area contributed by atoms with Crippen LogP contribution < -0.4 is 0 Å². The van der Waals surface area contributed by atoms with E-state index in [2.05, 4.69) is 13.8 Å². The van der Waals surface area contributed by atoms with Gasteiger partial charge in [0.05, 0.1) is 0 Å². The molecule has 0 N–H and O–H groups in total. The first-order chi connectivity index (χ1) is 7.91. The van der Waals surface area contributed by atoms with Gasteiger partial charge in [-0.3, -0.25) is 0 Å². The molecule has 130 valence electrons. The van der Waals surface area contributed by atoms with Crippen LogP contribution in [0.3, 0.4) is 0 Å². The fourth-order valence-electron chi connectivity index (χ4n) is 2.27. The quantitative estimate of drug-likeness (QED) is 0.286. The zero-order valence-electron chi connectivity index (χ0n) is 13.5. The van der Waals surface area contributed by atoms with Crippen molar-refractivity contribution in [3.63, 3.8) is 0 Å². The third kappa shape index (κ3) is 31.5. The van der Waals surface area contributed by atoms with Gasteiger partial charge in [-0.15, -0.1) is 49.6 Å². The molecule has 0 unspecified atom stereocenters. The Kier molecular flexibility index (Phi) is 53.0. The monoisotopic (exact) mass is 370 g/mol. The number of hydrogen-bond donors (Lipinski definition) is 0. The molecule has 0 bridgehead atoms. The third-order valence-electron chi connectivity index (χ3n) is 3.46. The number of hydrogen-bond acceptors (Lipinski definition) is 0. The SMILES string of the molecule is CCCCCCCCCCCCCCCC.Cl.Cl.Cl.Cl. The average Bonchev–Trinajstić information content (AvgIpc) is 2.31. The van der Waals surface area contributed by atoms with E-state index in [0.29, 0.717) is 0 Å². The highest BCUT2D eigenvalue weighted by atomic mass is 35.5. The summed E-state index contributed by atoms with van der Waals surface area (Å²) in [7, 11) is 0. The lowest BCUT2D eigenvalue weighted by molar-refractivity contribution is 0.538. The molecule has 0 saturated heterocycles. The molecule has 0 aromatic rings. The maximum Gasteiger partial charge on any atom is -0.0533 e. The summed E-state index contributed by atoms with van der Waals surface area (Å²) in [6.45, 7) is 4.58. The maximum atomic E-state index is 2.29. The normalized spacial score (nSPS) is 8.70. The van der Waals surface area contributed by atoms with Crippen molar-refractivity contribution >= 4 is 49.6 Å². The van der Waals surface area contributed by atoms with Gasteiger partial charge in [0, 0.05) is 0 Å². The zero-order valence-corrected chi connectivity index (χ0v) is 16.8. The van der Waals surface area contributed by atoms with Gasteiger partial charge in [-0.1, -0.05) is 104 Å².